The van der Waals surface area contributed by atoms with Crippen molar-refractivity contribution in [1.82, 2.24) is 0 Å². The van der Waals surface area contributed by atoms with Gasteiger partial charge in [-0.1, -0.05) is 73.0 Å². The van der Waals surface area contributed by atoms with E-state index < -0.39 is 0 Å². The molecule has 4 rings (SSSR count). The highest BCUT2D eigenvalue weighted by Crippen LogP contribution is 2.29. The Bertz CT molecular complexity index is 1530. The van der Waals surface area contributed by atoms with Crippen molar-refractivity contribution in [3.63, 3.8) is 0 Å². The molecule has 4 aromatic rings. The number of benzene rings is 4. The van der Waals surface area contributed by atoms with Gasteiger partial charge in [-0.3, -0.25) is 14.4 Å². The summed E-state index contributed by atoms with van der Waals surface area (Å²) in [6.45, 7) is 2.54. The minimum absolute atomic E-state index is 0.183. The SMILES string of the molecule is COC(=O)CCCCCCOc1ccccc1N(C)C(=O)c1ccc(NC(=O)c2ccccc2-c2ccc(C)cc2)cc1. The van der Waals surface area contributed by atoms with Crippen molar-refractivity contribution in [2.45, 2.75) is 39.0 Å². The molecule has 7 nitrogen and oxygen atoms in total. The van der Waals surface area contributed by atoms with Crippen LogP contribution in [0.5, 0.6) is 5.75 Å². The van der Waals surface area contributed by atoms with E-state index in [4.69, 9.17) is 4.74 Å². The normalized spacial score (nSPS) is 10.6. The second-order valence-electron chi connectivity index (χ2n) is 10.4. The fraction of sp³-hybridized carbons (Fsp3) is 0.250. The number of unbranched alkanes of at least 4 members (excludes halogenated alkanes) is 3. The molecule has 4 aromatic carbocycles. The van der Waals surface area contributed by atoms with E-state index in [0.29, 0.717) is 41.3 Å². The van der Waals surface area contributed by atoms with E-state index in [0.717, 1.165) is 42.4 Å². The molecule has 7 heteroatoms. The molecule has 222 valence electrons. The van der Waals surface area contributed by atoms with Gasteiger partial charge >= 0.3 is 5.97 Å². The Morgan fingerprint density at radius 3 is 2.19 bits per heavy atom. The van der Waals surface area contributed by atoms with Crippen LogP contribution >= 0.6 is 0 Å². The zero-order valence-electron chi connectivity index (χ0n) is 25.0. The van der Waals surface area contributed by atoms with Crippen LogP contribution in [-0.4, -0.2) is 38.5 Å². The standard InChI is InChI=1S/C36H38N2O5/c1-26-17-19-27(20-18-26)30-12-7-8-13-31(30)35(40)37-29-23-21-28(22-24-29)36(41)38(2)32-14-9-10-15-33(32)43-25-11-5-4-6-16-34(39)42-3/h7-10,12-15,17-24H,4-6,11,16,25H2,1-3H3,(H,37,40). The van der Waals surface area contributed by atoms with Crippen LogP contribution < -0.4 is 15.0 Å². The van der Waals surface area contributed by atoms with E-state index in [1.54, 1.807) is 36.2 Å². The topological polar surface area (TPSA) is 84.9 Å². The number of nitrogens with zero attached hydrogens (tertiary/aromatic N) is 1. The largest absolute Gasteiger partial charge is 0.491 e. The van der Waals surface area contributed by atoms with E-state index in [1.807, 2.05) is 79.7 Å². The minimum atomic E-state index is -0.220. The number of para-hydroxylation sites is 2. The monoisotopic (exact) mass is 578 g/mol. The molecule has 0 radical (unpaired) electrons. The van der Waals surface area contributed by atoms with Gasteiger partial charge in [0.1, 0.15) is 5.75 Å². The van der Waals surface area contributed by atoms with E-state index in [1.165, 1.54) is 7.11 Å². The molecule has 0 aliphatic rings. The Morgan fingerprint density at radius 2 is 1.44 bits per heavy atom. The first kappa shape index (κ1) is 31.0. The third-order valence-corrected chi connectivity index (χ3v) is 7.22. The maximum absolute atomic E-state index is 13.4. The molecule has 2 amide bonds. The summed E-state index contributed by atoms with van der Waals surface area (Å²) in [7, 11) is 3.12. The number of ether oxygens (including phenoxy) is 2. The Kier molecular flexibility index (Phi) is 11.1. The lowest BCUT2D eigenvalue weighted by atomic mass is 9.98. The molecule has 43 heavy (non-hydrogen) atoms. The van der Waals surface area contributed by atoms with Gasteiger partial charge < -0.3 is 19.7 Å². The van der Waals surface area contributed by atoms with Crippen molar-refractivity contribution in [2.75, 3.05) is 31.0 Å². The average Bonchev–Trinajstić information content (AvgIpc) is 3.04. The van der Waals surface area contributed by atoms with Crippen LogP contribution in [-0.2, 0) is 9.53 Å². The second kappa shape index (κ2) is 15.4. The van der Waals surface area contributed by atoms with Gasteiger partial charge in [0, 0.05) is 30.3 Å². The van der Waals surface area contributed by atoms with Crippen LogP contribution in [0.3, 0.4) is 0 Å². The third-order valence-electron chi connectivity index (χ3n) is 7.22. The lowest BCUT2D eigenvalue weighted by Crippen LogP contribution is -2.26. The molecule has 0 atom stereocenters. The van der Waals surface area contributed by atoms with Crippen LogP contribution in [0.2, 0.25) is 0 Å². The molecule has 0 aliphatic heterocycles. The molecular formula is C36H38N2O5. The number of aryl methyl sites for hydroxylation is 1. The van der Waals surface area contributed by atoms with Gasteiger partial charge in [-0.05, 0) is 73.4 Å². The van der Waals surface area contributed by atoms with Gasteiger partial charge in [-0.25, -0.2) is 0 Å². The molecule has 0 spiro atoms. The summed E-state index contributed by atoms with van der Waals surface area (Å²) in [5, 5.41) is 2.96. The third kappa shape index (κ3) is 8.55. The van der Waals surface area contributed by atoms with Gasteiger partial charge in [-0.2, -0.15) is 0 Å². The van der Waals surface area contributed by atoms with Crippen molar-refractivity contribution < 1.29 is 23.9 Å². The summed E-state index contributed by atoms with van der Waals surface area (Å²) in [6, 6.07) is 29.9. The lowest BCUT2D eigenvalue weighted by Gasteiger charge is -2.21. The highest BCUT2D eigenvalue weighted by molar-refractivity contribution is 6.09. The van der Waals surface area contributed by atoms with E-state index in [-0.39, 0.29) is 17.8 Å². The molecule has 0 aromatic heterocycles. The fourth-order valence-electron chi connectivity index (χ4n) is 4.73. The van der Waals surface area contributed by atoms with Gasteiger partial charge in [0.25, 0.3) is 11.8 Å². The number of hydrogen-bond acceptors (Lipinski definition) is 5. The Morgan fingerprint density at radius 1 is 0.767 bits per heavy atom. The summed E-state index contributed by atoms with van der Waals surface area (Å²) in [4.78, 5) is 39.3. The van der Waals surface area contributed by atoms with Crippen molar-refractivity contribution >= 4 is 29.2 Å². The molecule has 0 unspecified atom stereocenters. The van der Waals surface area contributed by atoms with Crippen molar-refractivity contribution in [3.8, 4) is 16.9 Å². The molecule has 0 bridgehead atoms. The summed E-state index contributed by atoms with van der Waals surface area (Å²) >= 11 is 0. The average molecular weight is 579 g/mol. The first-order valence-electron chi connectivity index (χ1n) is 14.5. The summed E-state index contributed by atoms with van der Waals surface area (Å²) in [5.74, 6) is 0.0318. The second-order valence-corrected chi connectivity index (χ2v) is 10.4. The zero-order valence-corrected chi connectivity index (χ0v) is 25.0. The van der Waals surface area contributed by atoms with Crippen molar-refractivity contribution in [2.24, 2.45) is 0 Å². The van der Waals surface area contributed by atoms with Crippen molar-refractivity contribution in [1.29, 1.82) is 0 Å². The van der Waals surface area contributed by atoms with Crippen LogP contribution in [0.15, 0.2) is 97.1 Å². The van der Waals surface area contributed by atoms with Gasteiger partial charge in [0.05, 0.1) is 19.4 Å². The van der Waals surface area contributed by atoms with Crippen molar-refractivity contribution in [3.05, 3.63) is 114 Å². The molecule has 0 saturated heterocycles. The predicted molar refractivity (Wildman–Crippen MR) is 171 cm³/mol. The Labute approximate surface area is 253 Å². The van der Waals surface area contributed by atoms with Gasteiger partial charge in [-0.15, -0.1) is 0 Å². The number of carbonyl (C=O) groups is 3. The van der Waals surface area contributed by atoms with E-state index >= 15 is 0 Å². The van der Waals surface area contributed by atoms with Crippen LogP contribution in [0, 0.1) is 6.92 Å². The maximum Gasteiger partial charge on any atom is 0.305 e. The number of anilines is 2. The number of nitrogens with one attached hydrogen (secondary N) is 1. The number of esters is 1. The molecule has 0 fully saturated rings. The molecule has 0 saturated carbocycles. The maximum atomic E-state index is 13.4. The number of carbonyl (C=O) groups excluding carboxylic acids is 3. The Balaban J connectivity index is 1.35. The van der Waals surface area contributed by atoms with Crippen LogP contribution in [0.25, 0.3) is 11.1 Å². The fourth-order valence-corrected chi connectivity index (χ4v) is 4.73. The van der Waals surface area contributed by atoms with Gasteiger partial charge in [0.2, 0.25) is 0 Å². The summed E-state index contributed by atoms with van der Waals surface area (Å²) in [5.41, 5.74) is 5.31. The predicted octanol–water partition coefficient (Wildman–Crippen LogP) is 7.69. The number of amides is 2. The number of rotatable bonds is 13. The van der Waals surface area contributed by atoms with E-state index in [9.17, 15) is 14.4 Å². The first-order valence-corrected chi connectivity index (χ1v) is 14.5. The summed E-state index contributed by atoms with van der Waals surface area (Å²) < 4.78 is 10.7. The lowest BCUT2D eigenvalue weighted by molar-refractivity contribution is -0.140. The summed E-state index contributed by atoms with van der Waals surface area (Å²) in [6.07, 6.45) is 3.94. The molecular weight excluding hydrogens is 540 g/mol. The molecule has 0 aliphatic carbocycles. The minimum Gasteiger partial charge on any atom is -0.491 e. The highest BCUT2D eigenvalue weighted by Gasteiger charge is 2.18. The number of hydrogen-bond donors (Lipinski definition) is 1. The Hall–Kier alpha value is -4.91. The van der Waals surface area contributed by atoms with E-state index in [2.05, 4.69) is 10.1 Å². The quantitative estimate of drug-likeness (QED) is 0.130. The van der Waals surface area contributed by atoms with Crippen LogP contribution in [0.4, 0.5) is 11.4 Å². The molecule has 0 heterocycles. The zero-order chi connectivity index (χ0) is 30.6. The smallest absolute Gasteiger partial charge is 0.305 e. The van der Waals surface area contributed by atoms with Crippen LogP contribution in [0.1, 0.15) is 58.4 Å². The molecule has 1 N–H and O–H groups in total. The first-order chi connectivity index (χ1) is 20.9. The number of methoxy groups -OCH3 is 1. The van der Waals surface area contributed by atoms with Gasteiger partial charge in [0.15, 0.2) is 0 Å². The highest BCUT2D eigenvalue weighted by atomic mass is 16.5.